The fraction of sp³-hybridized carbons (Fsp3) is 0.545. The summed E-state index contributed by atoms with van der Waals surface area (Å²) in [4.78, 5) is 29.3. The SMILES string of the molecule is CC(C)C(COC(=O)C(F)(F)F)Nc1nc(N2CCN(c3ccncc3)CC2)nc2c1[S@](=O)CC2. The van der Waals surface area contributed by atoms with Crippen LogP contribution < -0.4 is 15.1 Å². The van der Waals surface area contributed by atoms with E-state index in [0.29, 0.717) is 47.6 Å². The molecular formula is C22H27F3N6O3S. The quantitative estimate of drug-likeness (QED) is 0.561. The Labute approximate surface area is 203 Å². The number of ether oxygens (including phenoxy) is 1. The van der Waals surface area contributed by atoms with Gasteiger partial charge in [0, 0.05) is 56.4 Å². The van der Waals surface area contributed by atoms with E-state index in [4.69, 9.17) is 0 Å². The van der Waals surface area contributed by atoms with E-state index < -0.39 is 35.6 Å². The normalized spacial score (nSPS) is 19.0. The summed E-state index contributed by atoms with van der Waals surface area (Å²) in [7, 11) is -1.32. The summed E-state index contributed by atoms with van der Waals surface area (Å²) in [5.74, 6) is -1.22. The summed E-state index contributed by atoms with van der Waals surface area (Å²) in [6.45, 7) is 5.91. The second-order valence-electron chi connectivity index (χ2n) is 8.72. The number of hydrogen-bond donors (Lipinski definition) is 1. The van der Waals surface area contributed by atoms with E-state index in [9.17, 15) is 22.2 Å². The van der Waals surface area contributed by atoms with Crippen LogP contribution in [0.4, 0.5) is 30.6 Å². The van der Waals surface area contributed by atoms with Crippen molar-refractivity contribution in [1.29, 1.82) is 0 Å². The lowest BCUT2D eigenvalue weighted by Gasteiger charge is -2.36. The lowest BCUT2D eigenvalue weighted by Crippen LogP contribution is -2.47. The second-order valence-corrected chi connectivity index (χ2v) is 10.2. The first kappa shape index (κ1) is 25.1. The Morgan fingerprint density at radius 3 is 2.43 bits per heavy atom. The maximum Gasteiger partial charge on any atom is 0.490 e. The average Bonchev–Trinajstić information content (AvgIpc) is 3.22. The van der Waals surface area contributed by atoms with Crippen molar-refractivity contribution in [1.82, 2.24) is 15.0 Å². The van der Waals surface area contributed by atoms with Gasteiger partial charge in [0.05, 0.1) is 22.5 Å². The highest BCUT2D eigenvalue weighted by atomic mass is 32.2. The number of aromatic nitrogens is 3. The van der Waals surface area contributed by atoms with Crippen molar-refractivity contribution < 1.29 is 26.9 Å². The number of carbonyl (C=O) groups is 1. The van der Waals surface area contributed by atoms with Gasteiger partial charge in [0.15, 0.2) is 0 Å². The maximum atomic E-state index is 12.7. The summed E-state index contributed by atoms with van der Waals surface area (Å²) in [5.41, 5.74) is 1.75. The van der Waals surface area contributed by atoms with Crippen molar-refractivity contribution >= 4 is 34.2 Å². The van der Waals surface area contributed by atoms with Crippen LogP contribution in [0, 0.1) is 5.92 Å². The molecule has 2 aromatic heterocycles. The van der Waals surface area contributed by atoms with Crippen molar-refractivity contribution in [3.63, 3.8) is 0 Å². The minimum Gasteiger partial charge on any atom is -0.457 e. The Morgan fingerprint density at radius 2 is 1.80 bits per heavy atom. The third-order valence-electron chi connectivity index (χ3n) is 6.02. The molecule has 190 valence electrons. The van der Waals surface area contributed by atoms with Crippen molar-refractivity contribution in [3.8, 4) is 0 Å². The van der Waals surface area contributed by atoms with Gasteiger partial charge in [-0.1, -0.05) is 13.8 Å². The van der Waals surface area contributed by atoms with Crippen molar-refractivity contribution in [2.45, 2.75) is 37.4 Å². The Kier molecular flexibility index (Phi) is 7.43. The number of nitrogens with zero attached hydrogens (tertiary/aromatic N) is 5. The fourth-order valence-electron chi connectivity index (χ4n) is 3.97. The van der Waals surface area contributed by atoms with E-state index in [0.717, 1.165) is 18.8 Å². The molecule has 2 aromatic rings. The molecule has 0 saturated carbocycles. The summed E-state index contributed by atoms with van der Waals surface area (Å²) in [6, 6.07) is 3.25. The van der Waals surface area contributed by atoms with Gasteiger partial charge < -0.3 is 19.9 Å². The van der Waals surface area contributed by atoms with Crippen LogP contribution in [0.25, 0.3) is 0 Å². The van der Waals surface area contributed by atoms with Crippen molar-refractivity contribution in [2.75, 3.05) is 53.7 Å². The highest BCUT2D eigenvalue weighted by molar-refractivity contribution is 7.85. The number of esters is 1. The van der Waals surface area contributed by atoms with Crippen molar-refractivity contribution in [3.05, 3.63) is 30.2 Å². The number of rotatable bonds is 7. The summed E-state index contributed by atoms with van der Waals surface area (Å²) in [6.07, 6.45) is -1.04. The second kappa shape index (κ2) is 10.3. The molecule has 0 aromatic carbocycles. The summed E-state index contributed by atoms with van der Waals surface area (Å²) in [5, 5.41) is 3.10. The Morgan fingerprint density at radius 1 is 1.14 bits per heavy atom. The molecule has 1 unspecified atom stereocenters. The van der Waals surface area contributed by atoms with Crippen LogP contribution in [0.15, 0.2) is 29.4 Å². The fourth-order valence-corrected chi connectivity index (χ4v) is 5.28. The maximum absolute atomic E-state index is 12.7. The predicted molar refractivity (Wildman–Crippen MR) is 125 cm³/mol. The van der Waals surface area contributed by atoms with E-state index in [2.05, 4.69) is 29.9 Å². The van der Waals surface area contributed by atoms with Gasteiger partial charge in [0.1, 0.15) is 17.3 Å². The molecule has 4 heterocycles. The monoisotopic (exact) mass is 512 g/mol. The van der Waals surface area contributed by atoms with Gasteiger partial charge in [-0.2, -0.15) is 18.2 Å². The standard InChI is InChI=1S/C22H27F3N6O3S/c1-14(2)17(13-34-20(32)22(23,24)25)27-19-18-16(5-12-35(18)33)28-21(29-19)31-10-8-30(9-11-31)15-3-6-26-7-4-15/h3-4,6-7,14,17H,5,8-13H2,1-2H3,(H,27,28,29)/t17?,35-/m1/s1. The zero-order chi connectivity index (χ0) is 25.2. The molecule has 35 heavy (non-hydrogen) atoms. The molecule has 9 nitrogen and oxygen atoms in total. The van der Waals surface area contributed by atoms with Crippen LogP contribution in [0.5, 0.6) is 0 Å². The Hall–Kier alpha value is -2.96. The van der Waals surface area contributed by atoms with Gasteiger partial charge in [-0.15, -0.1) is 0 Å². The largest absolute Gasteiger partial charge is 0.490 e. The van der Waals surface area contributed by atoms with Crippen molar-refractivity contribution in [2.24, 2.45) is 5.92 Å². The molecule has 1 saturated heterocycles. The third-order valence-corrected chi connectivity index (χ3v) is 7.48. The number of aryl methyl sites for hydroxylation is 1. The van der Waals surface area contributed by atoms with E-state index in [1.54, 1.807) is 26.2 Å². The van der Waals surface area contributed by atoms with Crippen LogP contribution in [-0.4, -0.2) is 75.9 Å². The smallest absolute Gasteiger partial charge is 0.457 e. The highest BCUT2D eigenvalue weighted by Gasteiger charge is 2.41. The zero-order valence-corrected chi connectivity index (χ0v) is 20.2. The molecule has 2 aliphatic rings. The van der Waals surface area contributed by atoms with Gasteiger partial charge in [0.25, 0.3) is 0 Å². The minimum atomic E-state index is -5.06. The lowest BCUT2D eigenvalue weighted by molar-refractivity contribution is -0.200. The summed E-state index contributed by atoms with van der Waals surface area (Å²) >= 11 is 0. The molecule has 0 radical (unpaired) electrons. The Bertz CT molecular complexity index is 1080. The highest BCUT2D eigenvalue weighted by Crippen LogP contribution is 2.31. The van der Waals surface area contributed by atoms with Crippen LogP contribution in [-0.2, 0) is 26.8 Å². The van der Waals surface area contributed by atoms with Gasteiger partial charge in [-0.25, -0.2) is 9.78 Å². The minimum absolute atomic E-state index is 0.191. The Balaban J connectivity index is 1.52. The number of carbonyl (C=O) groups excluding carboxylic acids is 1. The van der Waals surface area contributed by atoms with E-state index in [1.807, 2.05) is 17.0 Å². The molecule has 2 atom stereocenters. The molecule has 13 heteroatoms. The topological polar surface area (TPSA) is 101 Å². The van der Waals surface area contributed by atoms with Crippen LogP contribution in [0.2, 0.25) is 0 Å². The van der Waals surface area contributed by atoms with E-state index in [1.165, 1.54) is 0 Å². The molecule has 4 rings (SSSR count). The lowest BCUT2D eigenvalue weighted by atomic mass is 10.1. The first-order chi connectivity index (χ1) is 16.6. The van der Waals surface area contributed by atoms with Crippen LogP contribution >= 0.6 is 0 Å². The molecular weight excluding hydrogens is 485 g/mol. The van der Waals surface area contributed by atoms with Crippen LogP contribution in [0.3, 0.4) is 0 Å². The summed E-state index contributed by atoms with van der Waals surface area (Å²) < 4.78 is 54.9. The van der Waals surface area contributed by atoms with Gasteiger partial charge in [-0.05, 0) is 18.1 Å². The van der Waals surface area contributed by atoms with E-state index >= 15 is 0 Å². The van der Waals surface area contributed by atoms with Crippen LogP contribution in [0.1, 0.15) is 19.5 Å². The molecule has 0 bridgehead atoms. The number of alkyl halides is 3. The average molecular weight is 513 g/mol. The van der Waals surface area contributed by atoms with Gasteiger partial charge >= 0.3 is 12.1 Å². The number of nitrogens with one attached hydrogen (secondary N) is 1. The zero-order valence-electron chi connectivity index (χ0n) is 19.4. The van der Waals surface area contributed by atoms with E-state index in [-0.39, 0.29) is 5.92 Å². The first-order valence-electron chi connectivity index (χ1n) is 11.3. The first-order valence-corrected chi connectivity index (χ1v) is 12.6. The molecule has 1 N–H and O–H groups in total. The third kappa shape index (κ3) is 5.82. The predicted octanol–water partition coefficient (Wildman–Crippen LogP) is 2.40. The number of fused-ring (bicyclic) bond motifs is 1. The molecule has 0 amide bonds. The number of halogens is 3. The number of hydrogen-bond acceptors (Lipinski definition) is 9. The number of piperazine rings is 1. The molecule has 1 fully saturated rings. The van der Waals surface area contributed by atoms with Gasteiger partial charge in [0.2, 0.25) is 5.95 Å². The number of anilines is 3. The molecule has 0 spiro atoms. The van der Waals surface area contributed by atoms with Gasteiger partial charge in [-0.3, -0.25) is 9.19 Å². The molecule has 0 aliphatic carbocycles. The molecule has 2 aliphatic heterocycles. The number of pyridine rings is 1.